The Morgan fingerprint density at radius 3 is 2.63 bits per heavy atom. The molecule has 0 atom stereocenters. The highest BCUT2D eigenvalue weighted by Crippen LogP contribution is 2.40. The summed E-state index contributed by atoms with van der Waals surface area (Å²) in [5, 5.41) is 25.4. The number of halogens is 1. The fraction of sp³-hybridized carbons (Fsp3) is 0.0526. The van der Waals surface area contributed by atoms with Gasteiger partial charge in [-0.1, -0.05) is 60.1 Å². The van der Waals surface area contributed by atoms with E-state index < -0.39 is 5.56 Å². The number of nitrogens with one attached hydrogen (secondary N) is 1. The van der Waals surface area contributed by atoms with Crippen LogP contribution in [0, 0.1) is 0 Å². The monoisotopic (exact) mass is 379 g/mol. The lowest BCUT2D eigenvalue weighted by atomic mass is 10.2. The van der Waals surface area contributed by atoms with Gasteiger partial charge < -0.3 is 9.67 Å². The Kier molecular flexibility index (Phi) is 4.43. The van der Waals surface area contributed by atoms with E-state index in [-0.39, 0.29) is 16.6 Å². The second-order valence-corrected chi connectivity index (χ2v) is 6.24. The minimum Gasteiger partial charge on any atom is -0.493 e. The van der Waals surface area contributed by atoms with Gasteiger partial charge in [0, 0.05) is 5.39 Å². The van der Waals surface area contributed by atoms with Crippen molar-refractivity contribution in [1.82, 2.24) is 14.8 Å². The van der Waals surface area contributed by atoms with E-state index in [4.69, 9.17) is 11.6 Å². The highest BCUT2D eigenvalue weighted by atomic mass is 35.5. The summed E-state index contributed by atoms with van der Waals surface area (Å²) in [6, 6.07) is 17.3. The Balaban J connectivity index is 1.82. The predicted octanol–water partition coefficient (Wildman–Crippen LogP) is 4.55. The van der Waals surface area contributed by atoms with Crippen molar-refractivity contribution >= 4 is 33.9 Å². The van der Waals surface area contributed by atoms with E-state index in [2.05, 4.69) is 20.4 Å². The molecule has 0 saturated heterocycles. The first-order valence-corrected chi connectivity index (χ1v) is 8.52. The second-order valence-electron chi connectivity index (χ2n) is 5.86. The van der Waals surface area contributed by atoms with Crippen molar-refractivity contribution < 1.29 is 5.11 Å². The molecule has 0 fully saturated rings. The summed E-state index contributed by atoms with van der Waals surface area (Å²) in [5.74, 6) is -0.0160. The molecule has 0 amide bonds. The number of hydrogen-bond acceptors (Lipinski definition) is 5. The molecule has 0 aliphatic rings. The Morgan fingerprint density at radius 2 is 1.81 bits per heavy atom. The van der Waals surface area contributed by atoms with E-state index in [9.17, 15) is 9.90 Å². The van der Waals surface area contributed by atoms with Gasteiger partial charge in [0.1, 0.15) is 10.7 Å². The first-order valence-electron chi connectivity index (χ1n) is 8.14. The Hall–Kier alpha value is -3.45. The lowest BCUT2D eigenvalue weighted by Crippen LogP contribution is -2.06. The maximum Gasteiger partial charge on any atom is 0.285 e. The van der Waals surface area contributed by atoms with E-state index in [0.717, 1.165) is 16.5 Å². The highest BCUT2D eigenvalue weighted by Gasteiger charge is 2.17. The van der Waals surface area contributed by atoms with Gasteiger partial charge in [0.15, 0.2) is 5.69 Å². The molecule has 7 nitrogen and oxygen atoms in total. The normalized spacial score (nSPS) is 11.4. The van der Waals surface area contributed by atoms with Gasteiger partial charge in [-0.25, -0.2) is 5.10 Å². The van der Waals surface area contributed by atoms with Gasteiger partial charge in [-0.2, -0.15) is 5.10 Å². The summed E-state index contributed by atoms with van der Waals surface area (Å²) in [4.78, 5) is 11.5. The van der Waals surface area contributed by atoms with Crippen LogP contribution in [0.1, 0.15) is 5.56 Å². The lowest BCUT2D eigenvalue weighted by molar-refractivity contribution is 0.429. The molecule has 134 valence electrons. The van der Waals surface area contributed by atoms with Crippen molar-refractivity contribution in [3.8, 4) is 5.88 Å². The standard InChI is InChI=1S/C19H14ClN5O2/c20-16-14(10-21-24-18(16)26)22-23-17-13-8-4-5-9-15(13)25(19(17)27)11-12-6-2-1-3-7-12/h1-10,27H,11H2,(H,24,26). The van der Waals surface area contributed by atoms with Crippen LogP contribution in [0.4, 0.5) is 11.4 Å². The maximum absolute atomic E-state index is 11.5. The van der Waals surface area contributed by atoms with Crippen molar-refractivity contribution in [2.24, 2.45) is 10.2 Å². The molecule has 0 aliphatic carbocycles. The summed E-state index contributed by atoms with van der Waals surface area (Å²) in [6.07, 6.45) is 1.30. The molecule has 0 radical (unpaired) electrons. The largest absolute Gasteiger partial charge is 0.493 e. The Morgan fingerprint density at radius 1 is 1.07 bits per heavy atom. The van der Waals surface area contributed by atoms with Crippen LogP contribution in [0.2, 0.25) is 5.02 Å². The van der Waals surface area contributed by atoms with Crippen LogP contribution >= 0.6 is 11.6 Å². The smallest absolute Gasteiger partial charge is 0.285 e. The van der Waals surface area contributed by atoms with Crippen molar-refractivity contribution in [3.63, 3.8) is 0 Å². The van der Waals surface area contributed by atoms with Crippen molar-refractivity contribution in [3.05, 3.63) is 81.7 Å². The molecule has 0 aliphatic heterocycles. The molecule has 0 bridgehead atoms. The summed E-state index contributed by atoms with van der Waals surface area (Å²) >= 11 is 5.92. The van der Waals surface area contributed by atoms with Crippen LogP contribution in [0.3, 0.4) is 0 Å². The van der Waals surface area contributed by atoms with Crippen molar-refractivity contribution in [2.75, 3.05) is 0 Å². The number of aromatic amines is 1. The van der Waals surface area contributed by atoms with Gasteiger partial charge in [-0.05, 0) is 11.6 Å². The third kappa shape index (κ3) is 3.20. The molecule has 2 aromatic heterocycles. The number of benzene rings is 2. The third-order valence-corrected chi connectivity index (χ3v) is 4.50. The molecule has 2 aromatic carbocycles. The van der Waals surface area contributed by atoms with Gasteiger partial charge in [-0.15, -0.1) is 10.2 Å². The van der Waals surface area contributed by atoms with E-state index in [1.165, 1.54) is 6.20 Å². The Bertz CT molecular complexity index is 1200. The number of rotatable bonds is 4. The average Bonchev–Trinajstić information content (AvgIpc) is 2.95. The van der Waals surface area contributed by atoms with Crippen LogP contribution in [0.5, 0.6) is 5.88 Å². The SMILES string of the molecule is O=c1[nH]ncc(N=Nc2c(O)n(Cc3ccccc3)c3ccccc23)c1Cl. The molecule has 2 N–H and O–H groups in total. The number of H-pyrrole nitrogens is 1. The van der Waals surface area contributed by atoms with Gasteiger partial charge in [0.25, 0.3) is 5.56 Å². The second kappa shape index (κ2) is 7.05. The van der Waals surface area contributed by atoms with Gasteiger partial charge in [0.2, 0.25) is 5.88 Å². The zero-order valence-corrected chi connectivity index (χ0v) is 14.8. The molecule has 4 rings (SSSR count). The first kappa shape index (κ1) is 17.0. The van der Waals surface area contributed by atoms with E-state index in [1.54, 1.807) is 4.57 Å². The minimum atomic E-state index is -0.552. The van der Waals surface area contributed by atoms with Crippen LogP contribution in [-0.4, -0.2) is 19.9 Å². The number of aromatic hydroxyl groups is 1. The average molecular weight is 380 g/mol. The quantitative estimate of drug-likeness (QED) is 0.509. The zero-order valence-electron chi connectivity index (χ0n) is 14.0. The van der Waals surface area contributed by atoms with E-state index in [1.807, 2.05) is 54.6 Å². The highest BCUT2D eigenvalue weighted by molar-refractivity contribution is 6.32. The summed E-state index contributed by atoms with van der Waals surface area (Å²) in [6.45, 7) is 0.482. The van der Waals surface area contributed by atoms with Crippen LogP contribution < -0.4 is 5.56 Å². The molecule has 0 spiro atoms. The third-order valence-electron chi connectivity index (χ3n) is 4.14. The molecule has 8 heteroatoms. The van der Waals surface area contributed by atoms with Gasteiger partial charge in [0.05, 0.1) is 18.3 Å². The summed E-state index contributed by atoms with van der Waals surface area (Å²) < 4.78 is 1.76. The molecular formula is C19H14ClN5O2. The fourth-order valence-corrected chi connectivity index (χ4v) is 2.97. The summed E-state index contributed by atoms with van der Waals surface area (Å²) in [5.41, 5.74) is 1.74. The Labute approximate surface area is 158 Å². The predicted molar refractivity (Wildman–Crippen MR) is 103 cm³/mol. The van der Waals surface area contributed by atoms with Crippen LogP contribution in [-0.2, 0) is 6.54 Å². The van der Waals surface area contributed by atoms with E-state index >= 15 is 0 Å². The molecule has 27 heavy (non-hydrogen) atoms. The van der Waals surface area contributed by atoms with Crippen LogP contribution in [0.15, 0.2) is 75.8 Å². The topological polar surface area (TPSA) is 95.6 Å². The molecule has 0 saturated carbocycles. The summed E-state index contributed by atoms with van der Waals surface area (Å²) in [7, 11) is 0. The van der Waals surface area contributed by atoms with Gasteiger partial charge >= 0.3 is 0 Å². The molecular weight excluding hydrogens is 366 g/mol. The number of aromatic nitrogens is 3. The zero-order chi connectivity index (χ0) is 18.8. The number of fused-ring (bicyclic) bond motifs is 1. The molecule has 0 unspecified atom stereocenters. The first-order chi connectivity index (χ1) is 13.1. The van der Waals surface area contributed by atoms with E-state index in [0.29, 0.717) is 12.2 Å². The van der Waals surface area contributed by atoms with Crippen molar-refractivity contribution in [1.29, 1.82) is 0 Å². The maximum atomic E-state index is 11.5. The number of hydrogen-bond donors (Lipinski definition) is 2. The van der Waals surface area contributed by atoms with Crippen LogP contribution in [0.25, 0.3) is 10.9 Å². The van der Waals surface area contributed by atoms with Crippen molar-refractivity contribution in [2.45, 2.75) is 6.54 Å². The lowest BCUT2D eigenvalue weighted by Gasteiger charge is -2.06. The van der Waals surface area contributed by atoms with Gasteiger partial charge in [-0.3, -0.25) is 4.79 Å². The minimum absolute atomic E-state index is 0.0160. The fourth-order valence-electron chi connectivity index (χ4n) is 2.84. The molecule has 2 heterocycles. The molecule has 4 aromatic rings. The number of azo groups is 1. The number of nitrogens with zero attached hydrogens (tertiary/aromatic N) is 4. The number of para-hydroxylation sites is 1.